The van der Waals surface area contributed by atoms with Crippen LogP contribution in [-0.4, -0.2) is 39.3 Å². The van der Waals surface area contributed by atoms with E-state index < -0.39 is 5.97 Å². The van der Waals surface area contributed by atoms with Crippen LogP contribution in [0.4, 0.5) is 0 Å². The highest BCUT2D eigenvalue weighted by Gasteiger charge is 2.15. The minimum Gasteiger partial charge on any atom is -0.481 e. The van der Waals surface area contributed by atoms with E-state index in [-0.39, 0.29) is 6.42 Å². The molecule has 2 aromatic rings. The predicted octanol–water partition coefficient (Wildman–Crippen LogP) is 2.70. The summed E-state index contributed by atoms with van der Waals surface area (Å²) in [5.74, 6) is -0.768. The fourth-order valence-corrected chi connectivity index (χ4v) is 2.57. The van der Waals surface area contributed by atoms with E-state index in [1.165, 1.54) is 5.56 Å². The minimum atomic E-state index is -0.768. The van der Waals surface area contributed by atoms with Crippen molar-refractivity contribution < 1.29 is 9.90 Å². The van der Waals surface area contributed by atoms with Crippen molar-refractivity contribution in [2.24, 2.45) is 0 Å². The van der Waals surface area contributed by atoms with Gasteiger partial charge in [-0.25, -0.2) is 4.68 Å². The lowest BCUT2D eigenvalue weighted by Gasteiger charge is -2.16. The molecule has 5 heteroatoms. The van der Waals surface area contributed by atoms with Crippen molar-refractivity contribution in [3.05, 3.63) is 46.8 Å². The van der Waals surface area contributed by atoms with Gasteiger partial charge in [0.25, 0.3) is 0 Å². The maximum absolute atomic E-state index is 10.7. The van der Waals surface area contributed by atoms with Crippen molar-refractivity contribution in [3.63, 3.8) is 0 Å². The Balaban J connectivity index is 2.24. The molecule has 0 aliphatic heterocycles. The summed E-state index contributed by atoms with van der Waals surface area (Å²) in [6.45, 7) is 7.37. The molecule has 0 saturated heterocycles. The molecule has 1 heterocycles. The number of para-hydroxylation sites is 1. The maximum Gasteiger partial charge on any atom is 0.304 e. The van der Waals surface area contributed by atoms with Crippen molar-refractivity contribution in [3.8, 4) is 5.69 Å². The number of nitrogens with zero attached hydrogens (tertiary/aromatic N) is 3. The average molecular weight is 301 g/mol. The number of aliphatic carboxylic acids is 1. The molecule has 0 saturated carbocycles. The number of hydrogen-bond donors (Lipinski definition) is 1. The number of carboxylic acid groups (broad SMARTS) is 1. The van der Waals surface area contributed by atoms with Gasteiger partial charge in [0.05, 0.1) is 17.8 Å². The molecule has 0 atom stereocenters. The predicted molar refractivity (Wildman–Crippen MR) is 86.4 cm³/mol. The molecule has 1 aromatic carbocycles. The van der Waals surface area contributed by atoms with E-state index in [1.54, 1.807) is 0 Å². The van der Waals surface area contributed by atoms with Gasteiger partial charge in [0, 0.05) is 24.3 Å². The van der Waals surface area contributed by atoms with Crippen molar-refractivity contribution in [2.75, 3.05) is 13.6 Å². The van der Waals surface area contributed by atoms with Gasteiger partial charge in [0.15, 0.2) is 0 Å². The molecule has 1 aromatic heterocycles. The van der Waals surface area contributed by atoms with E-state index in [2.05, 4.69) is 31.1 Å². The Hall–Kier alpha value is -2.14. The van der Waals surface area contributed by atoms with Gasteiger partial charge in [-0.15, -0.1) is 0 Å². The van der Waals surface area contributed by atoms with Gasteiger partial charge < -0.3 is 10.0 Å². The van der Waals surface area contributed by atoms with Crippen LogP contribution in [0.3, 0.4) is 0 Å². The van der Waals surface area contributed by atoms with Crippen LogP contribution in [0.5, 0.6) is 0 Å². The van der Waals surface area contributed by atoms with Crippen molar-refractivity contribution in [2.45, 2.75) is 33.7 Å². The van der Waals surface area contributed by atoms with Crippen LogP contribution in [0, 0.1) is 20.8 Å². The van der Waals surface area contributed by atoms with Gasteiger partial charge >= 0.3 is 5.97 Å². The zero-order chi connectivity index (χ0) is 16.3. The molecule has 0 spiro atoms. The van der Waals surface area contributed by atoms with Crippen LogP contribution in [0.2, 0.25) is 0 Å². The summed E-state index contributed by atoms with van der Waals surface area (Å²) in [6, 6.07) is 8.17. The lowest BCUT2D eigenvalue weighted by molar-refractivity contribution is -0.137. The van der Waals surface area contributed by atoms with E-state index in [4.69, 9.17) is 5.11 Å². The van der Waals surface area contributed by atoms with Crippen LogP contribution < -0.4 is 0 Å². The van der Waals surface area contributed by atoms with Gasteiger partial charge in [-0.3, -0.25) is 4.79 Å². The summed E-state index contributed by atoms with van der Waals surface area (Å²) in [4.78, 5) is 12.7. The summed E-state index contributed by atoms with van der Waals surface area (Å²) in [5.41, 5.74) is 5.52. The van der Waals surface area contributed by atoms with Gasteiger partial charge in [0.2, 0.25) is 0 Å². The third-order valence-corrected chi connectivity index (χ3v) is 3.92. The molecule has 0 aliphatic carbocycles. The summed E-state index contributed by atoms with van der Waals surface area (Å²) in [7, 11) is 1.94. The Morgan fingerprint density at radius 1 is 1.27 bits per heavy atom. The summed E-state index contributed by atoms with van der Waals surface area (Å²) in [6.07, 6.45) is 0.153. The Bertz CT molecular complexity index is 677. The molecule has 0 radical (unpaired) electrons. The molecule has 118 valence electrons. The SMILES string of the molecule is Cc1ccccc1-n1nc(C)c(CN(C)CCC(=O)O)c1C. The quantitative estimate of drug-likeness (QED) is 0.891. The maximum atomic E-state index is 10.7. The van der Waals surface area contributed by atoms with Crippen LogP contribution >= 0.6 is 0 Å². The van der Waals surface area contributed by atoms with Crippen LogP contribution in [-0.2, 0) is 11.3 Å². The molecular weight excluding hydrogens is 278 g/mol. The molecule has 0 aliphatic rings. The standard InChI is InChI=1S/C17H23N3O2/c1-12-7-5-6-8-16(12)20-14(3)15(13(2)18-20)11-19(4)10-9-17(21)22/h5-8H,9-11H2,1-4H3,(H,21,22). The van der Waals surface area contributed by atoms with Gasteiger partial charge in [-0.1, -0.05) is 18.2 Å². The second-order valence-electron chi connectivity index (χ2n) is 5.73. The third-order valence-electron chi connectivity index (χ3n) is 3.92. The highest BCUT2D eigenvalue weighted by molar-refractivity contribution is 5.66. The first-order valence-electron chi connectivity index (χ1n) is 7.41. The molecule has 0 fully saturated rings. The van der Waals surface area contributed by atoms with Gasteiger partial charge in [-0.05, 0) is 39.4 Å². The summed E-state index contributed by atoms with van der Waals surface area (Å²) in [5, 5.41) is 13.4. The monoisotopic (exact) mass is 301 g/mol. The van der Waals surface area contributed by atoms with E-state index in [0.29, 0.717) is 13.1 Å². The molecule has 2 rings (SSSR count). The van der Waals surface area contributed by atoms with Crippen molar-refractivity contribution >= 4 is 5.97 Å². The third kappa shape index (κ3) is 3.54. The molecule has 22 heavy (non-hydrogen) atoms. The average Bonchev–Trinajstić information content (AvgIpc) is 2.74. The summed E-state index contributed by atoms with van der Waals surface area (Å²) < 4.78 is 1.98. The fraction of sp³-hybridized carbons (Fsp3) is 0.412. The number of carboxylic acids is 1. The number of aryl methyl sites for hydroxylation is 2. The topological polar surface area (TPSA) is 58.4 Å². The number of carbonyl (C=O) groups is 1. The molecular formula is C17H23N3O2. The smallest absolute Gasteiger partial charge is 0.304 e. The number of rotatable bonds is 6. The highest BCUT2D eigenvalue weighted by Crippen LogP contribution is 2.21. The zero-order valence-electron chi connectivity index (χ0n) is 13.6. The first kappa shape index (κ1) is 16.2. The Morgan fingerprint density at radius 3 is 2.59 bits per heavy atom. The van der Waals surface area contributed by atoms with Crippen molar-refractivity contribution in [1.82, 2.24) is 14.7 Å². The first-order valence-corrected chi connectivity index (χ1v) is 7.41. The largest absolute Gasteiger partial charge is 0.481 e. The normalized spacial score (nSPS) is 11.1. The number of hydrogen-bond acceptors (Lipinski definition) is 3. The first-order chi connectivity index (χ1) is 10.4. The van der Waals surface area contributed by atoms with Gasteiger partial charge in [0.1, 0.15) is 0 Å². The lowest BCUT2D eigenvalue weighted by Crippen LogP contribution is -2.22. The molecule has 5 nitrogen and oxygen atoms in total. The van der Waals surface area contributed by atoms with E-state index in [1.807, 2.05) is 35.7 Å². The van der Waals surface area contributed by atoms with Crippen LogP contribution in [0.25, 0.3) is 5.69 Å². The molecule has 1 N–H and O–H groups in total. The fourth-order valence-electron chi connectivity index (χ4n) is 2.57. The minimum absolute atomic E-state index is 0.153. The second kappa shape index (κ2) is 6.75. The van der Waals surface area contributed by atoms with E-state index in [9.17, 15) is 4.79 Å². The van der Waals surface area contributed by atoms with E-state index >= 15 is 0 Å². The second-order valence-corrected chi connectivity index (χ2v) is 5.73. The highest BCUT2D eigenvalue weighted by atomic mass is 16.4. The zero-order valence-corrected chi connectivity index (χ0v) is 13.6. The Kier molecular flexibility index (Phi) is 4.98. The molecule has 0 unspecified atom stereocenters. The van der Waals surface area contributed by atoms with Crippen molar-refractivity contribution in [1.29, 1.82) is 0 Å². The molecule has 0 bridgehead atoms. The van der Waals surface area contributed by atoms with E-state index in [0.717, 1.165) is 22.6 Å². The lowest BCUT2D eigenvalue weighted by atomic mass is 10.1. The number of benzene rings is 1. The summed E-state index contributed by atoms with van der Waals surface area (Å²) >= 11 is 0. The number of aromatic nitrogens is 2. The molecule has 0 amide bonds. The van der Waals surface area contributed by atoms with Crippen LogP contribution in [0.15, 0.2) is 24.3 Å². The van der Waals surface area contributed by atoms with Crippen LogP contribution in [0.1, 0.15) is 28.9 Å². The Labute approximate surface area is 131 Å². The van der Waals surface area contributed by atoms with Gasteiger partial charge in [-0.2, -0.15) is 5.10 Å². The Morgan fingerprint density at radius 2 is 1.95 bits per heavy atom.